The van der Waals surface area contributed by atoms with Crippen molar-refractivity contribution in [2.24, 2.45) is 0 Å². The molecule has 0 atom stereocenters. The van der Waals surface area contributed by atoms with Gasteiger partial charge in [0, 0.05) is 17.5 Å². The summed E-state index contributed by atoms with van der Waals surface area (Å²) in [5, 5.41) is 2.86. The Balaban J connectivity index is 1.70. The van der Waals surface area contributed by atoms with Gasteiger partial charge in [0.05, 0.1) is 12.9 Å². The molecule has 22 heavy (non-hydrogen) atoms. The molecule has 0 spiro atoms. The van der Waals surface area contributed by atoms with E-state index in [-0.39, 0.29) is 5.91 Å². The van der Waals surface area contributed by atoms with Crippen molar-refractivity contribution in [2.75, 3.05) is 23.9 Å². The van der Waals surface area contributed by atoms with Gasteiger partial charge >= 0.3 is 0 Å². The predicted octanol–water partition coefficient (Wildman–Crippen LogP) is 4.08. The van der Waals surface area contributed by atoms with Crippen LogP contribution in [-0.2, 0) is 4.79 Å². The molecule has 0 saturated carbocycles. The quantitative estimate of drug-likeness (QED) is 0.783. The number of hydrogen-bond acceptors (Lipinski definition) is 3. The number of benzene rings is 2. The summed E-state index contributed by atoms with van der Waals surface area (Å²) >= 11 is 1.58. The van der Waals surface area contributed by atoms with E-state index in [2.05, 4.69) is 29.6 Å². The van der Waals surface area contributed by atoms with Crippen molar-refractivity contribution in [3.63, 3.8) is 0 Å². The summed E-state index contributed by atoms with van der Waals surface area (Å²) in [5.41, 5.74) is 1.92. The van der Waals surface area contributed by atoms with E-state index in [0.717, 1.165) is 17.2 Å². The average Bonchev–Trinajstić information content (AvgIpc) is 2.55. The second-order valence-corrected chi connectivity index (χ2v) is 5.64. The first-order valence-electron chi connectivity index (χ1n) is 7.01. The molecule has 1 amide bonds. The minimum atomic E-state index is -0.00800. The number of methoxy groups -OCH3 is 1. The molecule has 3 nitrogen and oxygen atoms in total. The Morgan fingerprint density at radius 2 is 2.00 bits per heavy atom. The first-order valence-corrected chi connectivity index (χ1v) is 8.16. The maximum Gasteiger partial charge on any atom is 0.234 e. The maximum absolute atomic E-state index is 11.8. The number of ether oxygens (including phenoxy) is 1. The minimum absolute atomic E-state index is 0.00800. The molecule has 0 heterocycles. The number of thioether (sulfide) groups is 1. The lowest BCUT2D eigenvalue weighted by molar-refractivity contribution is -0.113. The van der Waals surface area contributed by atoms with Gasteiger partial charge in [-0.1, -0.05) is 48.6 Å². The van der Waals surface area contributed by atoms with Gasteiger partial charge < -0.3 is 10.1 Å². The smallest absolute Gasteiger partial charge is 0.234 e. The first kappa shape index (κ1) is 16.2. The van der Waals surface area contributed by atoms with Crippen molar-refractivity contribution in [1.29, 1.82) is 0 Å². The predicted molar refractivity (Wildman–Crippen MR) is 94.4 cm³/mol. The van der Waals surface area contributed by atoms with Gasteiger partial charge in [-0.2, -0.15) is 0 Å². The van der Waals surface area contributed by atoms with Crippen LogP contribution in [0.1, 0.15) is 5.56 Å². The lowest BCUT2D eigenvalue weighted by Crippen LogP contribution is -2.14. The molecule has 2 aromatic carbocycles. The standard InChI is InChI=1S/C18H19NO2S/c1-21-17-11-5-10-16(13-17)19-18(20)14-22-12-6-9-15-7-3-2-4-8-15/h2-11,13H,12,14H2,1H3,(H,19,20)/b9-6+. The molecule has 0 fully saturated rings. The number of rotatable bonds is 7. The molecule has 0 unspecified atom stereocenters. The number of carbonyl (C=O) groups excluding carboxylic acids is 1. The zero-order valence-corrected chi connectivity index (χ0v) is 13.3. The van der Waals surface area contributed by atoms with Gasteiger partial charge in [0.1, 0.15) is 5.75 Å². The molecule has 2 aromatic rings. The van der Waals surface area contributed by atoms with E-state index in [1.165, 1.54) is 5.56 Å². The average molecular weight is 313 g/mol. The van der Waals surface area contributed by atoms with E-state index in [0.29, 0.717) is 5.75 Å². The molecule has 2 rings (SSSR count). The highest BCUT2D eigenvalue weighted by molar-refractivity contribution is 8.00. The lowest BCUT2D eigenvalue weighted by atomic mass is 10.2. The van der Waals surface area contributed by atoms with Gasteiger partial charge in [-0.25, -0.2) is 0 Å². The van der Waals surface area contributed by atoms with Crippen LogP contribution in [0.2, 0.25) is 0 Å². The van der Waals surface area contributed by atoms with Crippen LogP contribution in [0.4, 0.5) is 5.69 Å². The fraction of sp³-hybridized carbons (Fsp3) is 0.167. The summed E-state index contributed by atoms with van der Waals surface area (Å²) in [6.45, 7) is 0. The van der Waals surface area contributed by atoms with Gasteiger partial charge in [-0.05, 0) is 17.7 Å². The molecule has 0 saturated heterocycles. The zero-order valence-electron chi connectivity index (χ0n) is 12.5. The van der Waals surface area contributed by atoms with Crippen molar-refractivity contribution < 1.29 is 9.53 Å². The third-order valence-corrected chi connectivity index (χ3v) is 3.81. The van der Waals surface area contributed by atoms with Crippen LogP contribution >= 0.6 is 11.8 Å². The Morgan fingerprint density at radius 1 is 1.18 bits per heavy atom. The van der Waals surface area contributed by atoms with Crippen LogP contribution in [0, 0.1) is 0 Å². The number of hydrogen-bond donors (Lipinski definition) is 1. The van der Waals surface area contributed by atoms with Gasteiger partial charge in [-0.15, -0.1) is 11.8 Å². The van der Waals surface area contributed by atoms with Crippen LogP contribution in [0.3, 0.4) is 0 Å². The molecule has 114 valence electrons. The van der Waals surface area contributed by atoms with Crippen LogP contribution in [0.15, 0.2) is 60.7 Å². The van der Waals surface area contributed by atoms with Gasteiger partial charge in [-0.3, -0.25) is 4.79 Å². The van der Waals surface area contributed by atoms with E-state index >= 15 is 0 Å². The monoisotopic (exact) mass is 313 g/mol. The SMILES string of the molecule is COc1cccc(NC(=O)CSC/C=C/c2ccccc2)c1. The second-order valence-electron chi connectivity index (χ2n) is 4.61. The fourth-order valence-corrected chi connectivity index (χ4v) is 2.47. The molecular formula is C18H19NO2S. The van der Waals surface area contributed by atoms with Crippen LogP contribution < -0.4 is 10.1 Å². The Kier molecular flexibility index (Phi) is 6.58. The minimum Gasteiger partial charge on any atom is -0.497 e. The zero-order chi connectivity index (χ0) is 15.6. The van der Waals surface area contributed by atoms with E-state index in [1.54, 1.807) is 24.9 Å². The van der Waals surface area contributed by atoms with Crippen molar-refractivity contribution in [3.05, 3.63) is 66.2 Å². The summed E-state index contributed by atoms with van der Waals surface area (Å²) in [6.07, 6.45) is 4.13. The van der Waals surface area contributed by atoms with Gasteiger partial charge in [0.25, 0.3) is 0 Å². The summed E-state index contributed by atoms with van der Waals surface area (Å²) in [6, 6.07) is 17.5. The van der Waals surface area contributed by atoms with Crippen LogP contribution in [-0.4, -0.2) is 24.5 Å². The summed E-state index contributed by atoms with van der Waals surface area (Å²) in [7, 11) is 1.61. The van der Waals surface area contributed by atoms with Crippen LogP contribution in [0.25, 0.3) is 6.08 Å². The largest absolute Gasteiger partial charge is 0.497 e. The number of carbonyl (C=O) groups is 1. The molecule has 4 heteroatoms. The highest BCUT2D eigenvalue weighted by atomic mass is 32.2. The Labute approximate surface area is 135 Å². The van der Waals surface area contributed by atoms with E-state index in [4.69, 9.17) is 4.74 Å². The van der Waals surface area contributed by atoms with Gasteiger partial charge in [0.2, 0.25) is 5.91 Å². The molecule has 0 aliphatic rings. The third-order valence-electron chi connectivity index (χ3n) is 2.91. The van der Waals surface area contributed by atoms with Crippen LogP contribution in [0.5, 0.6) is 5.75 Å². The topological polar surface area (TPSA) is 38.3 Å². The highest BCUT2D eigenvalue weighted by Crippen LogP contribution is 2.17. The summed E-state index contributed by atoms with van der Waals surface area (Å²) < 4.78 is 5.13. The molecular weight excluding hydrogens is 294 g/mol. The van der Waals surface area contributed by atoms with E-state index in [1.807, 2.05) is 36.4 Å². The fourth-order valence-electron chi connectivity index (χ4n) is 1.87. The Morgan fingerprint density at radius 3 is 2.77 bits per heavy atom. The number of anilines is 1. The van der Waals surface area contributed by atoms with Crippen molar-refractivity contribution in [2.45, 2.75) is 0 Å². The molecule has 1 N–H and O–H groups in total. The molecule has 0 aliphatic heterocycles. The Hall–Kier alpha value is -2.20. The maximum atomic E-state index is 11.8. The van der Waals surface area contributed by atoms with Crippen molar-refractivity contribution >= 4 is 29.4 Å². The number of nitrogens with one attached hydrogen (secondary N) is 1. The first-order chi connectivity index (χ1) is 10.8. The second kappa shape index (κ2) is 8.95. The van der Waals surface area contributed by atoms with Gasteiger partial charge in [0.15, 0.2) is 0 Å². The normalized spacial score (nSPS) is 10.6. The summed E-state index contributed by atoms with van der Waals surface area (Å²) in [5.74, 6) is 1.96. The number of amides is 1. The molecule has 0 bridgehead atoms. The lowest BCUT2D eigenvalue weighted by Gasteiger charge is -2.06. The highest BCUT2D eigenvalue weighted by Gasteiger charge is 2.02. The van der Waals surface area contributed by atoms with Crippen molar-refractivity contribution in [3.8, 4) is 5.75 Å². The molecule has 0 aromatic heterocycles. The molecule has 0 radical (unpaired) electrons. The Bertz CT molecular complexity index is 626. The summed E-state index contributed by atoms with van der Waals surface area (Å²) in [4.78, 5) is 11.8. The van der Waals surface area contributed by atoms with Crippen molar-refractivity contribution in [1.82, 2.24) is 0 Å². The third kappa shape index (κ3) is 5.66. The van der Waals surface area contributed by atoms with E-state index in [9.17, 15) is 4.79 Å². The van der Waals surface area contributed by atoms with E-state index < -0.39 is 0 Å². The molecule has 0 aliphatic carbocycles.